The van der Waals surface area contributed by atoms with Crippen molar-refractivity contribution in [2.75, 3.05) is 31.9 Å². The van der Waals surface area contributed by atoms with Crippen molar-refractivity contribution in [1.82, 2.24) is 10.2 Å². The van der Waals surface area contributed by atoms with Crippen molar-refractivity contribution in [1.29, 1.82) is 0 Å². The minimum atomic E-state index is 0.0376. The molecule has 0 saturated carbocycles. The molecule has 1 aromatic carbocycles. The third-order valence-corrected chi connectivity index (χ3v) is 2.92. The molecule has 0 spiro atoms. The number of carbonyl (C=O) groups is 1. The van der Waals surface area contributed by atoms with E-state index < -0.39 is 0 Å². The summed E-state index contributed by atoms with van der Waals surface area (Å²) in [4.78, 5) is 13.8. The van der Waals surface area contributed by atoms with Gasteiger partial charge in [-0.2, -0.15) is 0 Å². The summed E-state index contributed by atoms with van der Waals surface area (Å²) in [5.41, 5.74) is 6.64. The number of amides is 1. The van der Waals surface area contributed by atoms with E-state index in [1.807, 2.05) is 4.90 Å². The van der Waals surface area contributed by atoms with E-state index in [0.29, 0.717) is 12.1 Å². The van der Waals surface area contributed by atoms with Crippen molar-refractivity contribution in [3.63, 3.8) is 0 Å². The highest BCUT2D eigenvalue weighted by molar-refractivity contribution is 5.79. The van der Waals surface area contributed by atoms with E-state index in [9.17, 15) is 9.90 Å². The van der Waals surface area contributed by atoms with Crippen LogP contribution in [0, 0.1) is 0 Å². The third-order valence-electron chi connectivity index (χ3n) is 2.92. The molecule has 1 saturated heterocycles. The molecule has 0 atom stereocenters. The number of rotatable bonds is 2. The number of benzene rings is 1. The number of nitrogens with one attached hydrogen (secondary N) is 1. The fourth-order valence-corrected chi connectivity index (χ4v) is 1.90. The van der Waals surface area contributed by atoms with Gasteiger partial charge >= 0.3 is 0 Å². The van der Waals surface area contributed by atoms with Gasteiger partial charge in [0.15, 0.2) is 0 Å². The Balaban J connectivity index is 1.99. The van der Waals surface area contributed by atoms with Crippen LogP contribution in [0.15, 0.2) is 18.2 Å². The van der Waals surface area contributed by atoms with E-state index in [1.54, 1.807) is 18.2 Å². The molecular weight excluding hydrogens is 218 g/mol. The summed E-state index contributed by atoms with van der Waals surface area (Å²) in [6.45, 7) is 3.19. The summed E-state index contributed by atoms with van der Waals surface area (Å²) in [6, 6.07) is 4.94. The molecule has 2 rings (SSSR count). The fraction of sp³-hybridized carbons (Fsp3) is 0.417. The molecule has 92 valence electrons. The van der Waals surface area contributed by atoms with Crippen LogP contribution in [0.4, 0.5) is 5.69 Å². The molecule has 1 aliphatic rings. The Labute approximate surface area is 100 Å². The van der Waals surface area contributed by atoms with Crippen LogP contribution in [-0.4, -0.2) is 42.1 Å². The number of aromatic hydroxyl groups is 1. The lowest BCUT2D eigenvalue weighted by molar-refractivity contribution is -0.131. The Morgan fingerprint density at radius 3 is 2.76 bits per heavy atom. The zero-order valence-corrected chi connectivity index (χ0v) is 9.65. The van der Waals surface area contributed by atoms with Gasteiger partial charge in [0.05, 0.1) is 12.1 Å². The van der Waals surface area contributed by atoms with Crippen molar-refractivity contribution in [3.8, 4) is 5.75 Å². The predicted octanol–water partition coefficient (Wildman–Crippen LogP) is -0.0513. The van der Waals surface area contributed by atoms with Gasteiger partial charge in [-0.1, -0.05) is 6.07 Å². The van der Waals surface area contributed by atoms with Crippen LogP contribution in [0.3, 0.4) is 0 Å². The van der Waals surface area contributed by atoms with Crippen molar-refractivity contribution in [3.05, 3.63) is 23.8 Å². The zero-order valence-electron chi connectivity index (χ0n) is 9.65. The molecule has 1 amide bonds. The number of phenols is 1. The standard InChI is InChI=1S/C12H17N3O2/c13-10-2-1-9(7-11(10)16)8-12(17)15-5-3-14-4-6-15/h1-2,7,14,16H,3-6,8,13H2. The number of hydrogen-bond donors (Lipinski definition) is 3. The van der Waals surface area contributed by atoms with Crippen molar-refractivity contribution in [2.45, 2.75) is 6.42 Å². The maximum absolute atomic E-state index is 11.9. The molecular formula is C12H17N3O2. The molecule has 5 nitrogen and oxygen atoms in total. The Morgan fingerprint density at radius 1 is 1.41 bits per heavy atom. The molecule has 1 fully saturated rings. The number of piperazine rings is 1. The minimum absolute atomic E-state index is 0.0376. The first-order valence-electron chi connectivity index (χ1n) is 5.72. The van der Waals surface area contributed by atoms with Crippen molar-refractivity contribution < 1.29 is 9.90 Å². The lowest BCUT2D eigenvalue weighted by Gasteiger charge is -2.27. The second-order valence-corrected chi connectivity index (χ2v) is 4.20. The Morgan fingerprint density at radius 2 is 2.12 bits per heavy atom. The second-order valence-electron chi connectivity index (χ2n) is 4.20. The van der Waals surface area contributed by atoms with E-state index in [1.165, 1.54) is 0 Å². The summed E-state index contributed by atoms with van der Waals surface area (Å²) >= 11 is 0. The first kappa shape index (κ1) is 11.7. The number of nitrogens with two attached hydrogens (primary N) is 1. The SMILES string of the molecule is Nc1ccc(CC(=O)N2CCNCC2)cc1O. The minimum Gasteiger partial charge on any atom is -0.506 e. The Kier molecular flexibility index (Phi) is 3.49. The number of carbonyl (C=O) groups excluding carboxylic acids is 1. The third kappa shape index (κ3) is 2.88. The monoisotopic (exact) mass is 235 g/mol. The van der Waals surface area contributed by atoms with Gasteiger partial charge in [-0.05, 0) is 17.7 Å². The molecule has 0 bridgehead atoms. The molecule has 1 heterocycles. The first-order valence-corrected chi connectivity index (χ1v) is 5.72. The quantitative estimate of drug-likeness (QED) is 0.496. The molecule has 0 radical (unpaired) electrons. The van der Waals surface area contributed by atoms with Crippen LogP contribution in [0.1, 0.15) is 5.56 Å². The van der Waals surface area contributed by atoms with E-state index in [0.717, 1.165) is 31.7 Å². The highest BCUT2D eigenvalue weighted by Crippen LogP contribution is 2.21. The number of nitrogen functional groups attached to an aromatic ring is 1. The largest absolute Gasteiger partial charge is 0.506 e. The van der Waals surface area contributed by atoms with Gasteiger partial charge < -0.3 is 21.1 Å². The molecule has 0 unspecified atom stereocenters. The summed E-state index contributed by atoms with van der Waals surface area (Å²) in [6.07, 6.45) is 0.313. The smallest absolute Gasteiger partial charge is 0.227 e. The van der Waals surface area contributed by atoms with E-state index in [-0.39, 0.29) is 11.7 Å². The predicted molar refractivity (Wildman–Crippen MR) is 65.7 cm³/mol. The lowest BCUT2D eigenvalue weighted by atomic mass is 10.1. The van der Waals surface area contributed by atoms with Crippen LogP contribution < -0.4 is 11.1 Å². The van der Waals surface area contributed by atoms with Gasteiger partial charge in [0, 0.05) is 26.2 Å². The summed E-state index contributed by atoms with van der Waals surface area (Å²) < 4.78 is 0. The molecule has 1 aromatic rings. The lowest BCUT2D eigenvalue weighted by Crippen LogP contribution is -2.46. The van der Waals surface area contributed by atoms with Crippen LogP contribution in [0.25, 0.3) is 0 Å². The van der Waals surface area contributed by atoms with Gasteiger partial charge in [-0.3, -0.25) is 4.79 Å². The number of anilines is 1. The molecule has 0 aromatic heterocycles. The molecule has 0 aliphatic carbocycles. The average Bonchev–Trinajstić information content (AvgIpc) is 2.35. The Hall–Kier alpha value is -1.75. The summed E-state index contributed by atoms with van der Waals surface area (Å²) in [7, 11) is 0. The number of nitrogens with zero attached hydrogens (tertiary/aromatic N) is 1. The van der Waals surface area contributed by atoms with Gasteiger partial charge in [-0.25, -0.2) is 0 Å². The first-order chi connectivity index (χ1) is 8.16. The summed E-state index contributed by atoms with van der Waals surface area (Å²) in [5, 5.41) is 12.7. The zero-order chi connectivity index (χ0) is 12.3. The van der Waals surface area contributed by atoms with Crippen molar-refractivity contribution in [2.24, 2.45) is 0 Å². The number of phenolic OH excluding ortho intramolecular Hbond substituents is 1. The maximum Gasteiger partial charge on any atom is 0.227 e. The maximum atomic E-state index is 11.9. The van der Waals surface area contributed by atoms with Crippen LogP contribution in [0.5, 0.6) is 5.75 Å². The normalized spacial score (nSPS) is 15.9. The Bertz CT molecular complexity index is 414. The highest BCUT2D eigenvalue weighted by Gasteiger charge is 2.16. The van der Waals surface area contributed by atoms with E-state index >= 15 is 0 Å². The topological polar surface area (TPSA) is 78.6 Å². The van der Waals surface area contributed by atoms with E-state index in [4.69, 9.17) is 5.73 Å². The van der Waals surface area contributed by atoms with Gasteiger partial charge in [0.1, 0.15) is 5.75 Å². The molecule has 17 heavy (non-hydrogen) atoms. The van der Waals surface area contributed by atoms with Gasteiger partial charge in [0.2, 0.25) is 5.91 Å². The molecule has 5 heteroatoms. The number of hydrogen-bond acceptors (Lipinski definition) is 4. The molecule has 1 aliphatic heterocycles. The van der Waals surface area contributed by atoms with Crippen molar-refractivity contribution >= 4 is 11.6 Å². The summed E-state index contributed by atoms with van der Waals surface area (Å²) in [5.74, 6) is 0.131. The van der Waals surface area contributed by atoms with Gasteiger partial charge in [0.25, 0.3) is 0 Å². The molecule has 4 N–H and O–H groups in total. The highest BCUT2D eigenvalue weighted by atomic mass is 16.3. The van der Waals surface area contributed by atoms with Crippen LogP contribution in [0.2, 0.25) is 0 Å². The fourth-order valence-electron chi connectivity index (χ4n) is 1.90. The van der Waals surface area contributed by atoms with Crippen LogP contribution >= 0.6 is 0 Å². The van der Waals surface area contributed by atoms with E-state index in [2.05, 4.69) is 5.32 Å². The second kappa shape index (κ2) is 5.05. The average molecular weight is 235 g/mol. The van der Waals surface area contributed by atoms with Gasteiger partial charge in [-0.15, -0.1) is 0 Å². The van der Waals surface area contributed by atoms with Crippen LogP contribution in [-0.2, 0) is 11.2 Å².